The summed E-state index contributed by atoms with van der Waals surface area (Å²) < 4.78 is 22.9. The van der Waals surface area contributed by atoms with Gasteiger partial charge in [-0.15, -0.1) is 10.2 Å². The van der Waals surface area contributed by atoms with Crippen molar-refractivity contribution >= 4 is 22.7 Å². The van der Waals surface area contributed by atoms with Crippen molar-refractivity contribution in [3.05, 3.63) is 75.5 Å². The van der Waals surface area contributed by atoms with Crippen molar-refractivity contribution in [2.24, 2.45) is 0 Å². The Morgan fingerprint density at radius 3 is 2.72 bits per heavy atom. The average Bonchev–Trinajstić information content (AvgIpc) is 3.25. The minimum absolute atomic E-state index is 0.297. The molecule has 7 nitrogen and oxygen atoms in total. The Balaban J connectivity index is 1.36. The highest BCUT2D eigenvalue weighted by Crippen LogP contribution is 2.36. The summed E-state index contributed by atoms with van der Waals surface area (Å²) in [5, 5.41) is 9.59. The van der Waals surface area contributed by atoms with Crippen LogP contribution in [-0.2, 0) is 5.75 Å². The lowest BCUT2D eigenvalue weighted by Gasteiger charge is -2.23. The number of rotatable bonds is 5. The molecule has 1 unspecified atom stereocenters. The minimum Gasteiger partial charge on any atom is -0.485 e. The predicted octanol–water partition coefficient (Wildman–Crippen LogP) is 5.41. The van der Waals surface area contributed by atoms with Gasteiger partial charge < -0.3 is 18.3 Å². The van der Waals surface area contributed by atoms with E-state index in [1.54, 1.807) is 0 Å². The number of aromatic nitrogens is 2. The van der Waals surface area contributed by atoms with Gasteiger partial charge in [-0.2, -0.15) is 0 Å². The van der Waals surface area contributed by atoms with Crippen LogP contribution in [0.5, 0.6) is 11.5 Å². The van der Waals surface area contributed by atoms with Gasteiger partial charge in [0.05, 0.1) is 0 Å². The molecule has 0 saturated carbocycles. The Hall–Kier alpha value is -3.26. The Morgan fingerprint density at radius 2 is 1.91 bits per heavy atom. The molecule has 0 amide bonds. The van der Waals surface area contributed by atoms with Crippen molar-refractivity contribution in [1.82, 2.24) is 10.2 Å². The van der Waals surface area contributed by atoms with Crippen LogP contribution in [0.2, 0.25) is 0 Å². The summed E-state index contributed by atoms with van der Waals surface area (Å²) >= 11 is 1.37. The van der Waals surface area contributed by atoms with E-state index in [-0.39, 0.29) is 5.63 Å². The zero-order chi connectivity index (χ0) is 22.2. The predicted molar refractivity (Wildman–Crippen MR) is 120 cm³/mol. The maximum absolute atomic E-state index is 12.1. The molecule has 32 heavy (non-hydrogen) atoms. The highest BCUT2D eigenvalue weighted by molar-refractivity contribution is 7.98. The standard InChI is InChI=1S/C24H22N2O5S/c1-13(2)16-10-17-15(9-22(27)30-20(17)8-14(16)3)12-32-24-26-25-23(31-24)21-11-28-18-6-4-5-7-19(18)29-21/h4-10,13,21H,11-12H2,1-3H3. The Morgan fingerprint density at radius 1 is 1.09 bits per heavy atom. The molecule has 8 heteroatoms. The highest BCUT2D eigenvalue weighted by Gasteiger charge is 2.27. The van der Waals surface area contributed by atoms with Crippen molar-refractivity contribution < 1.29 is 18.3 Å². The number of hydrogen-bond acceptors (Lipinski definition) is 8. The van der Waals surface area contributed by atoms with Crippen molar-refractivity contribution in [3.63, 3.8) is 0 Å². The maximum atomic E-state index is 12.1. The molecule has 0 aliphatic carbocycles. The molecule has 0 fully saturated rings. The fraction of sp³-hybridized carbons (Fsp3) is 0.292. The first-order valence-corrected chi connectivity index (χ1v) is 11.4. The van der Waals surface area contributed by atoms with Gasteiger partial charge in [-0.1, -0.05) is 37.7 Å². The fourth-order valence-electron chi connectivity index (χ4n) is 3.82. The molecule has 0 spiro atoms. The van der Waals surface area contributed by atoms with Crippen LogP contribution in [0.1, 0.15) is 48.5 Å². The summed E-state index contributed by atoms with van der Waals surface area (Å²) in [5.41, 5.74) is 3.43. The average molecular weight is 451 g/mol. The van der Waals surface area contributed by atoms with Crippen LogP contribution in [0.25, 0.3) is 11.0 Å². The van der Waals surface area contributed by atoms with Crippen LogP contribution >= 0.6 is 11.8 Å². The first-order valence-electron chi connectivity index (χ1n) is 10.4. The second-order valence-electron chi connectivity index (χ2n) is 8.01. The molecule has 3 heterocycles. The fourth-order valence-corrected chi connectivity index (χ4v) is 4.58. The third kappa shape index (κ3) is 3.98. The normalized spacial score (nSPS) is 15.4. The minimum atomic E-state index is -0.465. The lowest BCUT2D eigenvalue weighted by Crippen LogP contribution is -2.21. The van der Waals surface area contributed by atoms with Crippen LogP contribution in [-0.4, -0.2) is 16.8 Å². The molecule has 164 valence electrons. The van der Waals surface area contributed by atoms with Crippen molar-refractivity contribution in [2.45, 2.75) is 43.8 Å². The third-order valence-electron chi connectivity index (χ3n) is 5.40. The van der Waals surface area contributed by atoms with E-state index in [1.165, 1.54) is 23.4 Å². The third-order valence-corrected chi connectivity index (χ3v) is 6.26. The number of hydrogen-bond donors (Lipinski definition) is 0. The zero-order valence-corrected chi connectivity index (χ0v) is 18.8. The molecule has 1 aliphatic rings. The number of thioether (sulfide) groups is 1. The van der Waals surface area contributed by atoms with E-state index in [4.69, 9.17) is 18.3 Å². The molecule has 2 aromatic carbocycles. The Bertz CT molecular complexity index is 1340. The molecular weight excluding hydrogens is 428 g/mol. The van der Waals surface area contributed by atoms with Gasteiger partial charge in [0.15, 0.2) is 11.5 Å². The first-order chi connectivity index (χ1) is 15.5. The van der Waals surface area contributed by atoms with E-state index in [2.05, 4.69) is 30.1 Å². The summed E-state index contributed by atoms with van der Waals surface area (Å²) in [5.74, 6) is 2.57. The molecule has 0 saturated heterocycles. The number of ether oxygens (including phenoxy) is 2. The lowest BCUT2D eigenvalue weighted by molar-refractivity contribution is 0.0686. The molecule has 0 bridgehead atoms. The van der Waals surface area contributed by atoms with Crippen LogP contribution < -0.4 is 15.1 Å². The molecule has 2 aromatic heterocycles. The molecule has 1 atom stereocenters. The molecule has 0 radical (unpaired) electrons. The Kier molecular flexibility index (Phi) is 5.38. The van der Waals surface area contributed by atoms with Crippen LogP contribution in [0.4, 0.5) is 0 Å². The van der Waals surface area contributed by atoms with Gasteiger partial charge in [-0.3, -0.25) is 0 Å². The second kappa shape index (κ2) is 8.35. The van der Waals surface area contributed by atoms with E-state index >= 15 is 0 Å². The van der Waals surface area contributed by atoms with Gasteiger partial charge in [0, 0.05) is 17.2 Å². The molecule has 1 aliphatic heterocycles. The van der Waals surface area contributed by atoms with Crippen molar-refractivity contribution in [1.29, 1.82) is 0 Å². The number of para-hydroxylation sites is 2. The van der Waals surface area contributed by atoms with Crippen molar-refractivity contribution in [2.75, 3.05) is 6.61 Å². The van der Waals surface area contributed by atoms with Gasteiger partial charge in [0.1, 0.15) is 12.2 Å². The number of aryl methyl sites for hydroxylation is 1. The number of benzene rings is 2. The van der Waals surface area contributed by atoms with Crippen LogP contribution in [0.15, 0.2) is 61.3 Å². The molecule has 0 N–H and O–H groups in total. The van der Waals surface area contributed by atoms with Gasteiger partial charge in [-0.25, -0.2) is 4.79 Å². The maximum Gasteiger partial charge on any atom is 0.336 e. The summed E-state index contributed by atoms with van der Waals surface area (Å²) in [6, 6.07) is 13.0. The summed E-state index contributed by atoms with van der Waals surface area (Å²) in [6.45, 7) is 6.63. The molecule has 4 aromatic rings. The van der Waals surface area contributed by atoms with Crippen LogP contribution in [0.3, 0.4) is 0 Å². The highest BCUT2D eigenvalue weighted by atomic mass is 32.2. The zero-order valence-electron chi connectivity index (χ0n) is 18.0. The van der Waals surface area contributed by atoms with Gasteiger partial charge >= 0.3 is 5.63 Å². The van der Waals surface area contributed by atoms with E-state index in [0.717, 1.165) is 16.5 Å². The lowest BCUT2D eigenvalue weighted by atomic mass is 9.95. The van der Waals surface area contributed by atoms with E-state index in [0.29, 0.717) is 46.5 Å². The van der Waals surface area contributed by atoms with E-state index < -0.39 is 6.10 Å². The summed E-state index contributed by atoms with van der Waals surface area (Å²) in [6.07, 6.45) is -0.465. The summed E-state index contributed by atoms with van der Waals surface area (Å²) in [4.78, 5) is 12.1. The summed E-state index contributed by atoms with van der Waals surface area (Å²) in [7, 11) is 0. The number of nitrogens with zero attached hydrogens (tertiary/aromatic N) is 2. The largest absolute Gasteiger partial charge is 0.485 e. The monoisotopic (exact) mass is 450 g/mol. The van der Waals surface area contributed by atoms with Gasteiger partial charge in [0.2, 0.25) is 6.10 Å². The van der Waals surface area contributed by atoms with Gasteiger partial charge in [0.25, 0.3) is 11.1 Å². The first kappa shape index (κ1) is 20.6. The van der Waals surface area contributed by atoms with Crippen molar-refractivity contribution in [3.8, 4) is 11.5 Å². The second-order valence-corrected chi connectivity index (χ2v) is 8.94. The SMILES string of the molecule is Cc1cc2oc(=O)cc(CSc3nnc(C4COc5ccccc5O4)o3)c2cc1C(C)C. The van der Waals surface area contributed by atoms with Crippen LogP contribution in [0, 0.1) is 6.92 Å². The molecule has 5 rings (SSSR count). The van der Waals surface area contributed by atoms with E-state index in [9.17, 15) is 4.79 Å². The topological polar surface area (TPSA) is 87.6 Å². The Labute approximate surface area is 188 Å². The number of fused-ring (bicyclic) bond motifs is 2. The van der Waals surface area contributed by atoms with E-state index in [1.807, 2.05) is 37.3 Å². The van der Waals surface area contributed by atoms with Gasteiger partial charge in [-0.05, 0) is 53.8 Å². The smallest absolute Gasteiger partial charge is 0.336 e. The quantitative estimate of drug-likeness (QED) is 0.294. The molecular formula is C24H22N2O5S.